The lowest BCUT2D eigenvalue weighted by Crippen LogP contribution is -2.19. The Morgan fingerprint density at radius 3 is 3.00 bits per heavy atom. The predicted molar refractivity (Wildman–Crippen MR) is 76.8 cm³/mol. The number of carbonyl (C=O) groups is 1. The molecule has 1 aromatic heterocycles. The standard InChI is InChI=1S/C16H19NO3/c1-2-11-5-6-17(9-11)10-12-3-4-14-13(7-12)8-15(20-14)16(18)19/h3-4,7-8,11H,2,5-6,9-10H2,1H3,(H,18,19). The van der Waals surface area contributed by atoms with Crippen LogP contribution in [0.4, 0.5) is 0 Å². The van der Waals surface area contributed by atoms with E-state index in [1.807, 2.05) is 18.2 Å². The van der Waals surface area contributed by atoms with Gasteiger partial charge in [0.1, 0.15) is 5.58 Å². The lowest BCUT2D eigenvalue weighted by molar-refractivity contribution is 0.0665. The van der Waals surface area contributed by atoms with E-state index in [9.17, 15) is 4.79 Å². The Labute approximate surface area is 118 Å². The highest BCUT2D eigenvalue weighted by molar-refractivity contribution is 5.91. The van der Waals surface area contributed by atoms with Gasteiger partial charge in [-0.2, -0.15) is 0 Å². The van der Waals surface area contributed by atoms with Crippen LogP contribution < -0.4 is 0 Å². The maximum Gasteiger partial charge on any atom is 0.371 e. The monoisotopic (exact) mass is 273 g/mol. The van der Waals surface area contributed by atoms with Gasteiger partial charge in [-0.25, -0.2) is 4.79 Å². The maximum atomic E-state index is 10.9. The van der Waals surface area contributed by atoms with Crippen LogP contribution in [0.2, 0.25) is 0 Å². The molecule has 0 radical (unpaired) electrons. The van der Waals surface area contributed by atoms with Crippen molar-refractivity contribution in [2.45, 2.75) is 26.3 Å². The molecule has 1 fully saturated rings. The molecule has 20 heavy (non-hydrogen) atoms. The van der Waals surface area contributed by atoms with Crippen LogP contribution in [0.3, 0.4) is 0 Å². The summed E-state index contributed by atoms with van der Waals surface area (Å²) in [5.74, 6) is -0.191. The van der Waals surface area contributed by atoms with Crippen molar-refractivity contribution in [3.8, 4) is 0 Å². The highest BCUT2D eigenvalue weighted by Gasteiger charge is 2.21. The van der Waals surface area contributed by atoms with E-state index >= 15 is 0 Å². The number of hydrogen-bond donors (Lipinski definition) is 1. The van der Waals surface area contributed by atoms with E-state index in [1.165, 1.54) is 24.9 Å². The first kappa shape index (κ1) is 13.2. The van der Waals surface area contributed by atoms with Crippen LogP contribution in [0, 0.1) is 5.92 Å². The van der Waals surface area contributed by atoms with Gasteiger partial charge < -0.3 is 9.52 Å². The number of furan rings is 1. The molecule has 1 N–H and O–H groups in total. The summed E-state index contributed by atoms with van der Waals surface area (Å²) in [6, 6.07) is 7.52. The van der Waals surface area contributed by atoms with Gasteiger partial charge in [-0.05, 0) is 42.6 Å². The molecule has 0 amide bonds. The van der Waals surface area contributed by atoms with Crippen LogP contribution in [0.5, 0.6) is 0 Å². The first-order chi connectivity index (χ1) is 9.65. The Kier molecular flexibility index (Phi) is 3.49. The summed E-state index contributed by atoms with van der Waals surface area (Å²) >= 11 is 0. The normalized spacial score (nSPS) is 19.8. The van der Waals surface area contributed by atoms with Crippen molar-refractivity contribution in [3.63, 3.8) is 0 Å². The molecule has 1 atom stereocenters. The van der Waals surface area contributed by atoms with Gasteiger partial charge >= 0.3 is 5.97 Å². The molecule has 1 aliphatic rings. The number of carboxylic acid groups (broad SMARTS) is 1. The van der Waals surface area contributed by atoms with Crippen LogP contribution in [-0.2, 0) is 6.54 Å². The fourth-order valence-corrected chi connectivity index (χ4v) is 2.94. The van der Waals surface area contributed by atoms with Crippen molar-refractivity contribution < 1.29 is 14.3 Å². The highest BCUT2D eigenvalue weighted by atomic mass is 16.4. The summed E-state index contributed by atoms with van der Waals surface area (Å²) in [4.78, 5) is 13.4. The van der Waals surface area contributed by atoms with Crippen LogP contribution >= 0.6 is 0 Å². The Balaban J connectivity index is 1.77. The van der Waals surface area contributed by atoms with Crippen molar-refractivity contribution in [2.75, 3.05) is 13.1 Å². The topological polar surface area (TPSA) is 53.7 Å². The number of hydrogen-bond acceptors (Lipinski definition) is 3. The minimum absolute atomic E-state index is 0.00405. The summed E-state index contributed by atoms with van der Waals surface area (Å²) in [5, 5.41) is 9.81. The van der Waals surface area contributed by atoms with Crippen LogP contribution in [0.25, 0.3) is 11.0 Å². The van der Waals surface area contributed by atoms with Crippen LogP contribution in [0.15, 0.2) is 28.7 Å². The fourth-order valence-electron chi connectivity index (χ4n) is 2.94. The van der Waals surface area contributed by atoms with E-state index in [0.29, 0.717) is 5.58 Å². The first-order valence-corrected chi connectivity index (χ1v) is 7.14. The zero-order valence-electron chi connectivity index (χ0n) is 11.6. The molecular weight excluding hydrogens is 254 g/mol. The molecule has 4 heteroatoms. The molecule has 1 unspecified atom stereocenters. The molecule has 106 valence electrons. The van der Waals surface area contributed by atoms with Gasteiger partial charge in [-0.3, -0.25) is 4.90 Å². The molecule has 2 aromatic rings. The molecule has 2 heterocycles. The fraction of sp³-hybridized carbons (Fsp3) is 0.438. The van der Waals surface area contributed by atoms with Gasteiger partial charge in [0.15, 0.2) is 0 Å². The number of nitrogens with zero attached hydrogens (tertiary/aromatic N) is 1. The number of fused-ring (bicyclic) bond motifs is 1. The van der Waals surface area contributed by atoms with Crippen molar-refractivity contribution >= 4 is 16.9 Å². The van der Waals surface area contributed by atoms with E-state index in [4.69, 9.17) is 9.52 Å². The number of carboxylic acids is 1. The van der Waals surface area contributed by atoms with Crippen molar-refractivity contribution in [1.29, 1.82) is 0 Å². The Hall–Kier alpha value is -1.81. The first-order valence-electron chi connectivity index (χ1n) is 7.14. The summed E-state index contributed by atoms with van der Waals surface area (Å²) in [7, 11) is 0. The number of benzene rings is 1. The second-order valence-electron chi connectivity index (χ2n) is 5.59. The minimum atomic E-state index is -1.02. The van der Waals surface area contributed by atoms with Gasteiger partial charge in [0.25, 0.3) is 0 Å². The van der Waals surface area contributed by atoms with Crippen molar-refractivity contribution in [1.82, 2.24) is 4.90 Å². The number of aromatic carboxylic acids is 1. The molecule has 0 aliphatic carbocycles. The second-order valence-corrected chi connectivity index (χ2v) is 5.59. The summed E-state index contributed by atoms with van der Waals surface area (Å²) in [6.45, 7) is 5.50. The SMILES string of the molecule is CCC1CCN(Cc2ccc3oc(C(=O)O)cc3c2)C1. The van der Waals surface area contributed by atoms with Gasteiger partial charge in [-0.1, -0.05) is 19.4 Å². The average molecular weight is 273 g/mol. The predicted octanol–water partition coefficient (Wildman–Crippen LogP) is 3.36. The molecule has 1 saturated heterocycles. The van der Waals surface area contributed by atoms with E-state index in [1.54, 1.807) is 6.07 Å². The quantitative estimate of drug-likeness (QED) is 0.928. The van der Waals surface area contributed by atoms with Crippen LogP contribution in [-0.4, -0.2) is 29.1 Å². The zero-order chi connectivity index (χ0) is 14.1. The maximum absolute atomic E-state index is 10.9. The summed E-state index contributed by atoms with van der Waals surface area (Å²) in [6.07, 6.45) is 2.53. The van der Waals surface area contributed by atoms with Gasteiger partial charge in [0.05, 0.1) is 0 Å². The Morgan fingerprint density at radius 2 is 2.30 bits per heavy atom. The third-order valence-electron chi connectivity index (χ3n) is 4.14. The molecule has 3 rings (SSSR count). The molecule has 0 saturated carbocycles. The number of likely N-dealkylation sites (tertiary alicyclic amines) is 1. The smallest absolute Gasteiger partial charge is 0.371 e. The highest BCUT2D eigenvalue weighted by Crippen LogP contribution is 2.24. The van der Waals surface area contributed by atoms with E-state index in [0.717, 1.165) is 24.4 Å². The van der Waals surface area contributed by atoms with E-state index < -0.39 is 5.97 Å². The molecule has 0 spiro atoms. The van der Waals surface area contributed by atoms with Crippen LogP contribution in [0.1, 0.15) is 35.9 Å². The molecular formula is C16H19NO3. The molecule has 0 bridgehead atoms. The molecule has 1 aliphatic heterocycles. The lowest BCUT2D eigenvalue weighted by atomic mass is 10.1. The van der Waals surface area contributed by atoms with Gasteiger partial charge in [0, 0.05) is 18.5 Å². The third kappa shape index (κ3) is 2.56. The Morgan fingerprint density at radius 1 is 1.45 bits per heavy atom. The largest absolute Gasteiger partial charge is 0.475 e. The van der Waals surface area contributed by atoms with Crippen molar-refractivity contribution in [3.05, 3.63) is 35.6 Å². The summed E-state index contributed by atoms with van der Waals surface area (Å²) < 4.78 is 5.28. The Bertz CT molecular complexity index is 632. The van der Waals surface area contributed by atoms with Crippen molar-refractivity contribution in [2.24, 2.45) is 5.92 Å². The third-order valence-corrected chi connectivity index (χ3v) is 4.14. The summed E-state index contributed by atoms with van der Waals surface area (Å²) in [5.41, 5.74) is 1.85. The second kappa shape index (κ2) is 5.29. The number of rotatable bonds is 4. The van der Waals surface area contributed by atoms with E-state index in [2.05, 4.69) is 11.8 Å². The van der Waals surface area contributed by atoms with E-state index in [-0.39, 0.29) is 5.76 Å². The minimum Gasteiger partial charge on any atom is -0.475 e. The molecule has 1 aromatic carbocycles. The zero-order valence-corrected chi connectivity index (χ0v) is 11.6. The van der Waals surface area contributed by atoms with Gasteiger partial charge in [0.2, 0.25) is 5.76 Å². The lowest BCUT2D eigenvalue weighted by Gasteiger charge is -2.15. The molecule has 4 nitrogen and oxygen atoms in total. The average Bonchev–Trinajstić information content (AvgIpc) is 3.04. The van der Waals surface area contributed by atoms with Gasteiger partial charge in [-0.15, -0.1) is 0 Å².